The van der Waals surface area contributed by atoms with E-state index in [1.807, 2.05) is 81.4 Å². The Hall–Kier alpha value is -6.69. The monoisotopic (exact) mass is 2110 g/mol. The molecule has 3 atom stereocenters. The van der Waals surface area contributed by atoms with Crippen molar-refractivity contribution >= 4 is 318 Å². The van der Waals surface area contributed by atoms with Gasteiger partial charge in [0.05, 0.1) is 91.1 Å². The standard InChI is InChI=1S/C19H17Cl3N2O2.C17H13Cl3N2O2.2C10H9Cl3N2O2.C9H9Cl.C6H3Cl2N2.C6H5Cl2N.C6H9ClO3.ClH.Na.H2O/c1-3-26-18(25)16-11-19(2,12-4-6-13(20)7-5-12)24(23-16)17-9-8-14(21)10-15(17)22;1-17(10-2-4-11(18)5-3-10)9-14(16(23)24)21-22(17)15-7-6-12(19)8-13(15)20;2*1-2-17-10(16)9(13)15-14-8-4-3-6(11)5-7(8)12;1-7(2)8-3-5-9(10)6-4-8;7-4-1-2-6(10-9)5(8)3-4;7-4-1-2-6(9)5(8)3-4;1-3-10-6(9)5(7)4(2)8;;;/h4-10H,3,11H2,1-2H3;2-8H,9H2,1H3,(H,23,24);2*3-5,14H,2H2,1H3;3-6H,1H2,2H3;1-3H;1-3H,9H2;5H,3H2,1-2H3;1H;;1H2/q;;;;;+1;;;;+1;/p-1/b;;2*15-9-;;;;;;;. The van der Waals surface area contributed by atoms with Crippen LogP contribution in [-0.2, 0) is 58.8 Å². The van der Waals surface area contributed by atoms with E-state index in [2.05, 4.69) is 57.0 Å². The van der Waals surface area contributed by atoms with Crippen LogP contribution in [0.5, 0.6) is 0 Å². The number of aliphatic carboxylic acids is 1. The number of nitrogen functional groups attached to an aromatic ring is 1. The van der Waals surface area contributed by atoms with E-state index < -0.39 is 46.3 Å². The molecule has 668 valence electrons. The van der Waals surface area contributed by atoms with E-state index in [1.54, 1.807) is 147 Å². The second kappa shape index (κ2) is 58.9. The van der Waals surface area contributed by atoms with Crippen molar-refractivity contribution in [2.75, 3.05) is 53.0 Å². The largest absolute Gasteiger partial charge is 1.00 e. The molecular weight excluding hydrogens is 2040 g/mol. The molecule has 0 aromatic heterocycles. The van der Waals surface area contributed by atoms with Crippen molar-refractivity contribution in [1.82, 2.24) is 0 Å². The van der Waals surface area contributed by atoms with Crippen molar-refractivity contribution in [1.29, 1.82) is 5.39 Å². The van der Waals surface area contributed by atoms with Gasteiger partial charge in [-0.3, -0.25) is 25.7 Å². The van der Waals surface area contributed by atoms with Crippen LogP contribution in [0, 0.1) is 5.39 Å². The van der Waals surface area contributed by atoms with Gasteiger partial charge in [-0.1, -0.05) is 246 Å². The van der Waals surface area contributed by atoms with Crippen molar-refractivity contribution in [3.05, 3.63) is 286 Å². The number of anilines is 5. The number of rotatable bonds is 19. The number of carbonyl (C=O) groups excluding carboxylic acids is 5. The Kier molecular flexibility index (Phi) is 54.8. The molecule has 2 aliphatic rings. The predicted molar refractivity (Wildman–Crippen MR) is 518 cm³/mol. The Morgan fingerprint density at radius 3 is 1.14 bits per heavy atom. The fourth-order valence-electron chi connectivity index (χ4n) is 9.82. The summed E-state index contributed by atoms with van der Waals surface area (Å²) in [7, 11) is 0. The van der Waals surface area contributed by atoms with E-state index in [1.165, 1.54) is 19.1 Å². The number of halogens is 19. The Labute approximate surface area is 846 Å². The maximum Gasteiger partial charge on any atom is 1.00 e. The fraction of sp³-hybridized carbons (Fsp3) is 0.205. The molecule has 43 heteroatoms. The van der Waals surface area contributed by atoms with Crippen molar-refractivity contribution in [2.24, 2.45) is 20.4 Å². The van der Waals surface area contributed by atoms with Gasteiger partial charge in [-0.2, -0.15) is 20.4 Å². The number of alkyl halides is 1. The van der Waals surface area contributed by atoms with Gasteiger partial charge in [0.2, 0.25) is 15.7 Å². The molecule has 2 aliphatic heterocycles. The molecule has 9 aromatic rings. The number of nitrogens with one attached hydrogen (secondary N) is 2. The van der Waals surface area contributed by atoms with Crippen LogP contribution in [0.4, 0.5) is 34.1 Å². The molecule has 0 spiro atoms. The van der Waals surface area contributed by atoms with Gasteiger partial charge in [0.1, 0.15) is 16.4 Å². The number of hydrogen-bond acceptors (Lipinski definition) is 21. The summed E-state index contributed by atoms with van der Waals surface area (Å²) in [5, 5.41) is 43.0. The normalized spacial score (nSPS) is 14.0. The van der Waals surface area contributed by atoms with Crippen LogP contribution in [0.25, 0.3) is 10.5 Å². The average molecular weight is 2120 g/mol. The Balaban J connectivity index is 0.000000739. The van der Waals surface area contributed by atoms with Crippen molar-refractivity contribution in [3.63, 3.8) is 0 Å². The Morgan fingerprint density at radius 1 is 0.492 bits per heavy atom. The van der Waals surface area contributed by atoms with Gasteiger partial charge >= 0.3 is 65.1 Å². The number of nitrogens with two attached hydrogens (primary N) is 1. The van der Waals surface area contributed by atoms with Gasteiger partial charge < -0.3 is 35.3 Å². The van der Waals surface area contributed by atoms with Gasteiger partial charge in [0.25, 0.3) is 0 Å². The number of Topliss-reactive ketones (excluding diaryl/α,β-unsaturated/α-hetero) is 1. The molecule has 126 heavy (non-hydrogen) atoms. The molecule has 6 N–H and O–H groups in total. The Bertz CT molecular complexity index is 5290. The Morgan fingerprint density at radius 2 is 0.817 bits per heavy atom. The van der Waals surface area contributed by atoms with E-state index in [-0.39, 0.29) is 102 Å². The minimum absolute atomic E-state index is 0. The zero-order chi connectivity index (χ0) is 92.2. The minimum atomic E-state index is -1.14. The van der Waals surface area contributed by atoms with E-state index in [9.17, 15) is 33.9 Å². The second-order valence-electron chi connectivity index (χ2n) is 24.9. The second-order valence-corrected chi connectivity index (χ2v) is 32.5. The molecule has 0 saturated heterocycles. The van der Waals surface area contributed by atoms with E-state index >= 15 is 0 Å². The maximum atomic E-state index is 12.3. The van der Waals surface area contributed by atoms with Crippen molar-refractivity contribution in [2.45, 2.75) is 84.7 Å². The summed E-state index contributed by atoms with van der Waals surface area (Å²) < 4.78 is 18.9. The van der Waals surface area contributed by atoms with Crippen LogP contribution in [0.2, 0.25) is 75.3 Å². The summed E-state index contributed by atoms with van der Waals surface area (Å²) in [6.07, 6.45) is 0.620. The van der Waals surface area contributed by atoms with Crippen molar-refractivity contribution < 1.29 is 87.9 Å². The first-order valence-corrected chi connectivity index (χ1v) is 42.4. The first kappa shape index (κ1) is 117. The number of nitrogens with zero attached hydrogens (tertiary/aromatic N) is 8. The van der Waals surface area contributed by atoms with Crippen LogP contribution in [0.1, 0.15) is 84.9 Å². The zero-order valence-electron chi connectivity index (χ0n) is 67.7. The number of carboxylic acids is 1. The van der Waals surface area contributed by atoms with Crippen LogP contribution < -0.4 is 56.2 Å². The predicted octanol–water partition coefficient (Wildman–Crippen LogP) is 25.4. The topological polar surface area (TPSA) is 324 Å². The number of hydrazone groups is 4. The number of ether oxygens (including phenoxy) is 4. The molecule has 23 nitrogen and oxygen atoms in total. The van der Waals surface area contributed by atoms with Gasteiger partial charge in [0.15, 0.2) is 16.1 Å². The molecule has 0 amide bonds. The molecular formula is C83H76Cl19N11NaO12+. The van der Waals surface area contributed by atoms with Gasteiger partial charge in [-0.05, 0) is 212 Å². The summed E-state index contributed by atoms with van der Waals surface area (Å²) in [5.41, 5.74) is 16.7. The smallest absolute Gasteiger partial charge is 0.870 e. The summed E-state index contributed by atoms with van der Waals surface area (Å²) in [5.74, 6) is -3.95. The van der Waals surface area contributed by atoms with Gasteiger partial charge in [-0.25, -0.2) is 24.0 Å². The molecule has 0 radical (unpaired) electrons. The molecule has 0 fully saturated rings. The number of ketones is 1. The molecule has 2 heterocycles. The van der Waals surface area contributed by atoms with Crippen LogP contribution in [-0.4, -0.2) is 99.8 Å². The minimum Gasteiger partial charge on any atom is -0.870 e. The molecule has 0 aliphatic carbocycles. The SMILES string of the molecule is C=C(C)c1ccc(Cl)cc1.CC1(c2ccc(Cl)cc2)CC(C(=O)O)=NN1c1ccc(Cl)cc1Cl.CCOC(=O)/C(Cl)=N/Nc1ccc(Cl)cc1Cl.CCOC(=O)/C(Cl)=N/Nc1ccc(Cl)cc1Cl.CCOC(=O)C(Cl)C(C)=O.CCOC(=O)C1=NN(c2ccc(Cl)cc2Cl)C(C)(c2ccc(Cl)cc2)C1.Cl.N#[N+]c1ccc(Cl)cc1Cl.Nc1ccc(Cl)cc1Cl.[Na+].[OH-]. The van der Waals surface area contributed by atoms with Crippen molar-refractivity contribution in [3.8, 4) is 0 Å². The number of diazo groups is 1. The number of hydrogen-bond donors (Lipinski definition) is 4. The summed E-state index contributed by atoms with van der Waals surface area (Å²) >= 11 is 104. The average Bonchev–Trinajstić information content (AvgIpc) is 1.59. The molecule has 0 saturated carbocycles. The zero-order valence-corrected chi connectivity index (χ0v) is 84.1. The summed E-state index contributed by atoms with van der Waals surface area (Å²) in [4.78, 5) is 69.9. The van der Waals surface area contributed by atoms with Crippen LogP contribution in [0.3, 0.4) is 0 Å². The number of esters is 4. The van der Waals surface area contributed by atoms with Crippen LogP contribution >= 0.6 is 221 Å². The summed E-state index contributed by atoms with van der Waals surface area (Å²) in [6, 6.07) is 51.8. The van der Waals surface area contributed by atoms with E-state index in [4.69, 9.17) is 225 Å². The number of benzene rings is 9. The number of carbonyl (C=O) groups is 6. The third kappa shape index (κ3) is 38.4. The molecule has 11 rings (SSSR count). The maximum absolute atomic E-state index is 12.3. The van der Waals surface area contributed by atoms with E-state index in [0.29, 0.717) is 117 Å². The van der Waals surface area contributed by atoms with E-state index in [0.717, 1.165) is 27.3 Å². The third-order valence-electron chi connectivity index (χ3n) is 15.8. The molecule has 3 unspecified atom stereocenters. The molecule has 0 bridgehead atoms. The first-order valence-electron chi connectivity index (χ1n) is 35.5. The van der Waals surface area contributed by atoms with Gasteiger partial charge in [-0.15, -0.1) is 24.0 Å². The number of carboxylic acid groups (broad SMARTS) is 1. The third-order valence-corrected chi connectivity index (χ3v) is 20.8. The fourth-order valence-corrected chi connectivity index (χ4v) is 13.2. The first-order chi connectivity index (χ1) is 58.0. The summed E-state index contributed by atoms with van der Waals surface area (Å²) in [6.45, 7) is 18.7. The molecule has 9 aromatic carbocycles. The number of allylic oxidation sites excluding steroid dienone is 1. The van der Waals surface area contributed by atoms with Crippen LogP contribution in [0.15, 0.2) is 209 Å². The quantitative estimate of drug-likeness (QED) is 0.00672. The van der Waals surface area contributed by atoms with Gasteiger partial charge in [0, 0.05) is 64.1 Å².